The third-order valence-corrected chi connectivity index (χ3v) is 4.19. The Kier molecular flexibility index (Phi) is 8.90. The lowest BCUT2D eigenvalue weighted by Gasteiger charge is -2.24. The Bertz CT molecular complexity index is 353. The predicted molar refractivity (Wildman–Crippen MR) is 90.2 cm³/mol. The Balaban J connectivity index is 2.40. The molecule has 3 nitrogen and oxygen atoms in total. The summed E-state index contributed by atoms with van der Waals surface area (Å²) in [6, 6.07) is 4.95. The zero-order valence-corrected chi connectivity index (χ0v) is 14.2. The van der Waals surface area contributed by atoms with Gasteiger partial charge in [-0.2, -0.15) is 11.8 Å². The molecule has 0 spiro atoms. The molecule has 0 saturated carbocycles. The first kappa shape index (κ1) is 17.5. The molecule has 0 amide bonds. The minimum atomic E-state index is 0.607. The van der Waals surface area contributed by atoms with Crippen LogP contribution in [0, 0.1) is 0 Å². The summed E-state index contributed by atoms with van der Waals surface area (Å²) >= 11 is 1.92. The summed E-state index contributed by atoms with van der Waals surface area (Å²) in [4.78, 5) is 6.96. The quantitative estimate of drug-likeness (QED) is 0.671. The molecule has 1 heterocycles. The van der Waals surface area contributed by atoms with Crippen molar-refractivity contribution in [3.63, 3.8) is 0 Å². The lowest BCUT2D eigenvalue weighted by atomic mass is 10.2. The molecular formula is C16H29N3S. The standard InChI is InChI=1S/C16H29N3S/c1-5-9-17-11-15-6-7-16(18-12-15)13-19(3)14(2)8-10-20-4/h6-7,12,14,17H,5,8-11,13H2,1-4H3. The van der Waals surface area contributed by atoms with Crippen LogP contribution in [0.15, 0.2) is 18.3 Å². The number of pyridine rings is 1. The van der Waals surface area contributed by atoms with E-state index in [1.807, 2.05) is 18.0 Å². The second kappa shape index (κ2) is 10.2. The smallest absolute Gasteiger partial charge is 0.0544 e. The highest BCUT2D eigenvalue weighted by Gasteiger charge is 2.09. The van der Waals surface area contributed by atoms with Gasteiger partial charge in [-0.05, 0) is 57.0 Å². The van der Waals surface area contributed by atoms with E-state index in [1.165, 1.54) is 24.2 Å². The van der Waals surface area contributed by atoms with Gasteiger partial charge in [-0.3, -0.25) is 9.88 Å². The van der Waals surface area contributed by atoms with E-state index in [2.05, 4.69) is 54.5 Å². The van der Waals surface area contributed by atoms with E-state index >= 15 is 0 Å². The molecule has 0 aliphatic carbocycles. The molecule has 0 radical (unpaired) electrons. The van der Waals surface area contributed by atoms with Crippen LogP contribution in [0.5, 0.6) is 0 Å². The molecular weight excluding hydrogens is 266 g/mol. The topological polar surface area (TPSA) is 28.2 Å². The lowest BCUT2D eigenvalue weighted by molar-refractivity contribution is 0.242. The number of hydrogen-bond acceptors (Lipinski definition) is 4. The van der Waals surface area contributed by atoms with E-state index < -0.39 is 0 Å². The van der Waals surface area contributed by atoms with Crippen molar-refractivity contribution in [1.82, 2.24) is 15.2 Å². The van der Waals surface area contributed by atoms with Crippen LogP contribution in [-0.4, -0.2) is 41.5 Å². The first-order valence-corrected chi connectivity index (χ1v) is 8.90. The Morgan fingerprint density at radius 1 is 1.40 bits per heavy atom. The molecule has 1 rings (SSSR count). The molecule has 4 heteroatoms. The van der Waals surface area contributed by atoms with Crippen LogP contribution in [0.1, 0.15) is 37.9 Å². The van der Waals surface area contributed by atoms with Crippen molar-refractivity contribution in [2.24, 2.45) is 0 Å². The van der Waals surface area contributed by atoms with Crippen LogP contribution in [0.2, 0.25) is 0 Å². The van der Waals surface area contributed by atoms with Crippen LogP contribution in [0.4, 0.5) is 0 Å². The van der Waals surface area contributed by atoms with Gasteiger partial charge in [-0.15, -0.1) is 0 Å². The Morgan fingerprint density at radius 3 is 2.80 bits per heavy atom. The molecule has 0 aliphatic rings. The van der Waals surface area contributed by atoms with Gasteiger partial charge in [0.15, 0.2) is 0 Å². The van der Waals surface area contributed by atoms with E-state index in [9.17, 15) is 0 Å². The summed E-state index contributed by atoms with van der Waals surface area (Å²) in [5.74, 6) is 1.22. The fraction of sp³-hybridized carbons (Fsp3) is 0.688. The number of nitrogens with one attached hydrogen (secondary N) is 1. The highest BCUT2D eigenvalue weighted by molar-refractivity contribution is 7.98. The van der Waals surface area contributed by atoms with Gasteiger partial charge in [0, 0.05) is 25.3 Å². The van der Waals surface area contributed by atoms with Crippen molar-refractivity contribution in [3.05, 3.63) is 29.6 Å². The summed E-state index contributed by atoms with van der Waals surface area (Å²) in [5.41, 5.74) is 2.42. The number of nitrogens with zero attached hydrogens (tertiary/aromatic N) is 2. The van der Waals surface area contributed by atoms with Crippen LogP contribution in [0.3, 0.4) is 0 Å². The number of hydrogen-bond donors (Lipinski definition) is 1. The van der Waals surface area contributed by atoms with Crippen molar-refractivity contribution in [3.8, 4) is 0 Å². The molecule has 1 unspecified atom stereocenters. The first-order chi connectivity index (χ1) is 9.67. The van der Waals surface area contributed by atoms with Gasteiger partial charge >= 0.3 is 0 Å². The van der Waals surface area contributed by atoms with Crippen LogP contribution in [-0.2, 0) is 13.1 Å². The predicted octanol–water partition coefficient (Wildman–Crippen LogP) is 3.15. The van der Waals surface area contributed by atoms with Crippen LogP contribution in [0.25, 0.3) is 0 Å². The molecule has 1 atom stereocenters. The van der Waals surface area contributed by atoms with Crippen molar-refractivity contribution in [1.29, 1.82) is 0 Å². The fourth-order valence-electron chi connectivity index (χ4n) is 1.98. The van der Waals surface area contributed by atoms with Gasteiger partial charge < -0.3 is 5.32 Å². The van der Waals surface area contributed by atoms with Gasteiger partial charge in [-0.25, -0.2) is 0 Å². The molecule has 1 N–H and O–H groups in total. The van der Waals surface area contributed by atoms with Gasteiger partial charge in [-0.1, -0.05) is 13.0 Å². The zero-order chi connectivity index (χ0) is 14.8. The van der Waals surface area contributed by atoms with Crippen molar-refractivity contribution >= 4 is 11.8 Å². The van der Waals surface area contributed by atoms with Crippen LogP contribution >= 0.6 is 11.8 Å². The summed E-state index contributed by atoms with van der Waals surface area (Å²) in [6.07, 6.45) is 6.57. The lowest BCUT2D eigenvalue weighted by Crippen LogP contribution is -2.29. The molecule has 1 aromatic heterocycles. The number of rotatable bonds is 10. The van der Waals surface area contributed by atoms with E-state index in [-0.39, 0.29) is 0 Å². The normalized spacial score (nSPS) is 12.8. The van der Waals surface area contributed by atoms with Gasteiger partial charge in [0.05, 0.1) is 5.69 Å². The van der Waals surface area contributed by atoms with Crippen molar-refractivity contribution < 1.29 is 0 Å². The van der Waals surface area contributed by atoms with E-state index in [0.717, 1.165) is 25.3 Å². The third-order valence-electron chi connectivity index (χ3n) is 3.55. The van der Waals surface area contributed by atoms with Gasteiger partial charge in [0.1, 0.15) is 0 Å². The van der Waals surface area contributed by atoms with Crippen molar-refractivity contribution in [2.75, 3.05) is 25.6 Å². The maximum absolute atomic E-state index is 4.57. The van der Waals surface area contributed by atoms with Crippen LogP contribution < -0.4 is 5.32 Å². The minimum absolute atomic E-state index is 0.607. The number of thioether (sulfide) groups is 1. The third kappa shape index (κ3) is 6.73. The molecule has 0 bridgehead atoms. The highest BCUT2D eigenvalue weighted by Crippen LogP contribution is 2.10. The van der Waals surface area contributed by atoms with Gasteiger partial charge in [0.25, 0.3) is 0 Å². The molecule has 0 aliphatic heterocycles. The maximum atomic E-state index is 4.57. The summed E-state index contributed by atoms with van der Waals surface area (Å²) in [5, 5.41) is 3.40. The Hall–Kier alpha value is -0.580. The fourth-order valence-corrected chi connectivity index (χ4v) is 2.56. The monoisotopic (exact) mass is 295 g/mol. The molecule has 0 fully saturated rings. The van der Waals surface area contributed by atoms with E-state index in [1.54, 1.807) is 0 Å². The van der Waals surface area contributed by atoms with E-state index in [4.69, 9.17) is 0 Å². The SMILES string of the molecule is CCCNCc1ccc(CN(C)C(C)CCSC)nc1. The molecule has 1 aromatic rings. The average molecular weight is 295 g/mol. The minimum Gasteiger partial charge on any atom is -0.313 e. The molecule has 20 heavy (non-hydrogen) atoms. The maximum Gasteiger partial charge on any atom is 0.0544 e. The average Bonchev–Trinajstić information content (AvgIpc) is 2.46. The second-order valence-electron chi connectivity index (χ2n) is 5.38. The first-order valence-electron chi connectivity index (χ1n) is 7.51. The Labute approximate surface area is 128 Å². The molecule has 114 valence electrons. The molecule has 0 aromatic carbocycles. The highest BCUT2D eigenvalue weighted by atomic mass is 32.2. The Morgan fingerprint density at radius 2 is 2.20 bits per heavy atom. The van der Waals surface area contributed by atoms with E-state index in [0.29, 0.717) is 6.04 Å². The van der Waals surface area contributed by atoms with Gasteiger partial charge in [0.2, 0.25) is 0 Å². The molecule has 0 saturated heterocycles. The summed E-state index contributed by atoms with van der Waals surface area (Å²) in [7, 11) is 2.18. The summed E-state index contributed by atoms with van der Waals surface area (Å²) in [6.45, 7) is 7.39. The summed E-state index contributed by atoms with van der Waals surface area (Å²) < 4.78 is 0. The zero-order valence-electron chi connectivity index (χ0n) is 13.4. The largest absolute Gasteiger partial charge is 0.313 e. The second-order valence-corrected chi connectivity index (χ2v) is 6.37. The van der Waals surface area contributed by atoms with Crippen molar-refractivity contribution in [2.45, 2.75) is 45.8 Å². The number of aromatic nitrogens is 1.